The number of carbonyl (C=O) groups is 1. The predicted octanol–water partition coefficient (Wildman–Crippen LogP) is 5.40. The van der Waals surface area contributed by atoms with Crippen LogP contribution in [0.25, 0.3) is 27.9 Å². The summed E-state index contributed by atoms with van der Waals surface area (Å²) in [4.78, 5) is 13.7. The van der Waals surface area contributed by atoms with Crippen LogP contribution in [0, 0.1) is 0 Å². The Bertz CT molecular complexity index is 1180. The molecule has 0 saturated carbocycles. The molecule has 0 spiro atoms. The lowest BCUT2D eigenvalue weighted by Crippen LogP contribution is -2.30. The van der Waals surface area contributed by atoms with E-state index < -0.39 is 0 Å². The van der Waals surface area contributed by atoms with Gasteiger partial charge in [0.2, 0.25) is 16.9 Å². The van der Waals surface area contributed by atoms with Gasteiger partial charge in [-0.15, -0.1) is 0 Å². The number of allylic oxidation sites excluding steroid dienone is 2. The van der Waals surface area contributed by atoms with Gasteiger partial charge in [-0.1, -0.05) is 54.6 Å². The van der Waals surface area contributed by atoms with Crippen LogP contribution in [-0.2, 0) is 11.8 Å². The number of benzene rings is 3. The number of pyridine rings is 1. The SMILES string of the molecule is CC(=O)N(/C=C/C=C/c1c2ccccc2[n+](C)c2ccccc12)c1ccccc1. The number of nitrogens with zero attached hydrogens (tertiary/aromatic N) is 2. The maximum absolute atomic E-state index is 12.0. The van der Waals surface area contributed by atoms with Gasteiger partial charge in [-0.05, 0) is 30.3 Å². The van der Waals surface area contributed by atoms with E-state index in [0.29, 0.717) is 0 Å². The minimum absolute atomic E-state index is 0.0246. The Morgan fingerprint density at radius 1 is 0.793 bits per heavy atom. The number of amides is 1. The van der Waals surface area contributed by atoms with Crippen LogP contribution in [0.3, 0.4) is 0 Å². The molecule has 0 radical (unpaired) electrons. The van der Waals surface area contributed by atoms with E-state index in [-0.39, 0.29) is 5.91 Å². The van der Waals surface area contributed by atoms with Crippen molar-refractivity contribution in [2.75, 3.05) is 4.90 Å². The van der Waals surface area contributed by atoms with Crippen molar-refractivity contribution in [1.29, 1.82) is 0 Å². The lowest BCUT2D eigenvalue weighted by molar-refractivity contribution is -0.617. The van der Waals surface area contributed by atoms with E-state index >= 15 is 0 Å². The van der Waals surface area contributed by atoms with Gasteiger partial charge in [0, 0.05) is 36.5 Å². The predicted molar refractivity (Wildman–Crippen MR) is 120 cm³/mol. The summed E-state index contributed by atoms with van der Waals surface area (Å²) in [6, 6.07) is 26.5. The van der Waals surface area contributed by atoms with Gasteiger partial charge in [-0.2, -0.15) is 4.57 Å². The van der Waals surface area contributed by atoms with Crippen molar-refractivity contribution < 1.29 is 9.36 Å². The molecule has 3 aromatic carbocycles. The smallest absolute Gasteiger partial charge is 0.227 e. The number of fused-ring (bicyclic) bond motifs is 2. The fourth-order valence-corrected chi connectivity index (χ4v) is 3.69. The zero-order valence-corrected chi connectivity index (χ0v) is 16.6. The van der Waals surface area contributed by atoms with Crippen LogP contribution in [0.4, 0.5) is 5.69 Å². The molecule has 0 bridgehead atoms. The first-order valence-electron chi connectivity index (χ1n) is 9.66. The molecule has 142 valence electrons. The highest BCUT2D eigenvalue weighted by Crippen LogP contribution is 2.25. The van der Waals surface area contributed by atoms with Crippen LogP contribution in [0.15, 0.2) is 97.2 Å². The highest BCUT2D eigenvalue weighted by molar-refractivity contribution is 6.00. The van der Waals surface area contributed by atoms with Gasteiger partial charge in [0.05, 0.1) is 10.8 Å². The van der Waals surface area contributed by atoms with Crippen LogP contribution in [0.5, 0.6) is 0 Å². The lowest BCUT2D eigenvalue weighted by atomic mass is 10.0. The van der Waals surface area contributed by atoms with Gasteiger partial charge in [-0.3, -0.25) is 9.69 Å². The van der Waals surface area contributed by atoms with Crippen molar-refractivity contribution in [3.05, 3.63) is 103 Å². The Balaban J connectivity index is 1.75. The first kappa shape index (κ1) is 18.6. The van der Waals surface area contributed by atoms with Crippen LogP contribution >= 0.6 is 0 Å². The Morgan fingerprint density at radius 2 is 1.34 bits per heavy atom. The van der Waals surface area contributed by atoms with E-state index in [0.717, 1.165) is 5.69 Å². The number of hydrogen-bond acceptors (Lipinski definition) is 1. The summed E-state index contributed by atoms with van der Waals surface area (Å²) in [5.41, 5.74) is 4.40. The second-order valence-corrected chi connectivity index (χ2v) is 6.93. The largest absolute Gasteiger partial charge is 0.288 e. The molecule has 3 nitrogen and oxygen atoms in total. The van der Waals surface area contributed by atoms with Crippen molar-refractivity contribution in [1.82, 2.24) is 0 Å². The van der Waals surface area contributed by atoms with Crippen LogP contribution in [0.1, 0.15) is 12.5 Å². The molecule has 0 saturated heterocycles. The third-order valence-electron chi connectivity index (χ3n) is 5.09. The third-order valence-corrected chi connectivity index (χ3v) is 5.09. The minimum Gasteiger partial charge on any atom is -0.288 e. The molecule has 0 unspecified atom stereocenters. The summed E-state index contributed by atoms with van der Waals surface area (Å²) in [5.74, 6) is -0.0246. The summed E-state index contributed by atoms with van der Waals surface area (Å²) in [7, 11) is 2.10. The van der Waals surface area contributed by atoms with Crippen molar-refractivity contribution in [2.24, 2.45) is 7.05 Å². The van der Waals surface area contributed by atoms with Crippen LogP contribution in [0.2, 0.25) is 0 Å². The molecule has 0 N–H and O–H groups in total. The standard InChI is InChI=1S/C26H23N2O/c1-20(29)28(21-12-4-3-5-13-21)19-11-10-14-22-23-15-6-8-17-25(23)27(2)26-18-9-7-16-24(22)26/h3-19H,1-2H3/q+1. The molecule has 0 aliphatic carbocycles. The molecule has 1 heterocycles. The highest BCUT2D eigenvalue weighted by Gasteiger charge is 2.15. The summed E-state index contributed by atoms with van der Waals surface area (Å²) >= 11 is 0. The van der Waals surface area contributed by atoms with Gasteiger partial charge >= 0.3 is 0 Å². The Morgan fingerprint density at radius 3 is 1.93 bits per heavy atom. The summed E-state index contributed by atoms with van der Waals surface area (Å²) in [5, 5.41) is 2.40. The number of hydrogen-bond donors (Lipinski definition) is 0. The quantitative estimate of drug-likeness (QED) is 0.265. The van der Waals surface area contributed by atoms with Gasteiger partial charge < -0.3 is 0 Å². The average Bonchev–Trinajstić information content (AvgIpc) is 2.76. The number of para-hydroxylation sites is 3. The molecule has 0 atom stereocenters. The van der Waals surface area contributed by atoms with Crippen molar-refractivity contribution in [3.8, 4) is 0 Å². The maximum atomic E-state index is 12.0. The molecule has 0 aliphatic rings. The number of rotatable bonds is 4. The minimum atomic E-state index is -0.0246. The molecule has 1 amide bonds. The summed E-state index contributed by atoms with van der Waals surface area (Å²) < 4.78 is 2.23. The molecular weight excluding hydrogens is 356 g/mol. The van der Waals surface area contributed by atoms with Crippen molar-refractivity contribution in [2.45, 2.75) is 6.92 Å². The van der Waals surface area contributed by atoms with E-state index in [9.17, 15) is 4.79 Å². The monoisotopic (exact) mass is 379 g/mol. The van der Waals surface area contributed by atoms with E-state index in [1.165, 1.54) is 27.4 Å². The van der Waals surface area contributed by atoms with Crippen molar-refractivity contribution in [3.63, 3.8) is 0 Å². The van der Waals surface area contributed by atoms with Gasteiger partial charge in [0.25, 0.3) is 0 Å². The highest BCUT2D eigenvalue weighted by atomic mass is 16.2. The Kier molecular flexibility index (Phi) is 5.21. The number of aromatic nitrogens is 1. The van der Waals surface area contributed by atoms with E-state index in [2.05, 4.69) is 66.2 Å². The van der Waals surface area contributed by atoms with Crippen LogP contribution < -0.4 is 9.47 Å². The second-order valence-electron chi connectivity index (χ2n) is 6.93. The zero-order valence-electron chi connectivity index (χ0n) is 16.6. The van der Waals surface area contributed by atoms with E-state index in [1.54, 1.807) is 11.8 Å². The summed E-state index contributed by atoms with van der Waals surface area (Å²) in [6.07, 6.45) is 7.82. The molecule has 4 rings (SSSR count). The number of anilines is 1. The lowest BCUT2D eigenvalue weighted by Gasteiger charge is -2.15. The first-order chi connectivity index (χ1) is 14.2. The second kappa shape index (κ2) is 8.11. The van der Waals surface area contributed by atoms with Crippen LogP contribution in [-0.4, -0.2) is 5.91 Å². The fourth-order valence-electron chi connectivity index (χ4n) is 3.69. The molecule has 1 aromatic heterocycles. The number of aryl methyl sites for hydroxylation is 1. The Hall–Kier alpha value is -3.72. The third kappa shape index (κ3) is 3.67. The molecule has 0 fully saturated rings. The first-order valence-corrected chi connectivity index (χ1v) is 9.66. The molecule has 0 aliphatic heterocycles. The van der Waals surface area contributed by atoms with E-state index in [1.807, 2.05) is 48.7 Å². The van der Waals surface area contributed by atoms with Crippen molar-refractivity contribution >= 4 is 39.5 Å². The molecule has 29 heavy (non-hydrogen) atoms. The van der Waals surface area contributed by atoms with Gasteiger partial charge in [0.15, 0.2) is 0 Å². The normalized spacial score (nSPS) is 11.7. The summed E-state index contributed by atoms with van der Waals surface area (Å²) in [6.45, 7) is 1.57. The molecule has 3 heteroatoms. The topological polar surface area (TPSA) is 24.2 Å². The molecule has 4 aromatic rings. The maximum Gasteiger partial charge on any atom is 0.227 e. The average molecular weight is 379 g/mol. The Labute approximate surface area is 170 Å². The van der Waals surface area contributed by atoms with E-state index in [4.69, 9.17) is 0 Å². The van der Waals surface area contributed by atoms with Gasteiger partial charge in [-0.25, -0.2) is 0 Å². The number of carbonyl (C=O) groups excluding carboxylic acids is 1. The fraction of sp³-hybridized carbons (Fsp3) is 0.0769. The zero-order chi connectivity index (χ0) is 20.2. The van der Waals surface area contributed by atoms with Gasteiger partial charge in [0.1, 0.15) is 7.05 Å². The molecular formula is C26H23N2O+.